The summed E-state index contributed by atoms with van der Waals surface area (Å²) < 4.78 is 2.55. The van der Waals surface area contributed by atoms with Crippen LogP contribution < -0.4 is 0 Å². The van der Waals surface area contributed by atoms with Crippen LogP contribution in [0.1, 0.15) is 22.3 Å². The minimum Gasteiger partial charge on any atom is -0.0622 e. The van der Waals surface area contributed by atoms with Crippen LogP contribution in [-0.4, -0.2) is 0 Å². The van der Waals surface area contributed by atoms with Crippen molar-refractivity contribution in [1.29, 1.82) is 0 Å². The van der Waals surface area contributed by atoms with E-state index in [0.717, 1.165) is 12.8 Å². The van der Waals surface area contributed by atoms with Crippen molar-refractivity contribution in [3.63, 3.8) is 0 Å². The fourth-order valence-corrected chi connectivity index (χ4v) is 10.0. The summed E-state index contributed by atoms with van der Waals surface area (Å²) in [4.78, 5) is 0. The first-order chi connectivity index (χ1) is 27.7. The molecule has 0 nitrogen and oxygen atoms in total. The monoisotopic (exact) mass is 938 g/mol. The number of benzene rings is 9. The Morgan fingerprint density at radius 3 is 0.732 bits per heavy atom. The second-order valence-corrected chi connectivity index (χ2v) is 16.9. The molecule has 0 bridgehead atoms. The minimum atomic E-state index is 0.812. The van der Waals surface area contributed by atoms with Crippen molar-refractivity contribution < 1.29 is 0 Å². The van der Waals surface area contributed by atoms with Crippen LogP contribution in [0.4, 0.5) is 0 Å². The van der Waals surface area contributed by atoms with Gasteiger partial charge in [0.05, 0.1) is 0 Å². The van der Waals surface area contributed by atoms with Gasteiger partial charge >= 0.3 is 0 Å². The van der Waals surface area contributed by atoms with Crippen LogP contribution in [0.25, 0.3) is 77.5 Å². The van der Waals surface area contributed by atoms with Crippen LogP contribution in [0, 0.1) is 7.14 Å². The van der Waals surface area contributed by atoms with E-state index >= 15 is 0 Å². The first-order valence-electron chi connectivity index (χ1n) is 19.2. The standard InChI is InChI=1S/C54H36I2/c55-47-33-45-46(34-48(47)56)50(36-21-9-2-10-22-36)42-32-44-43(31-41(42)49(45)35-19-7-1-8-20-35)51(37-23-11-3-12-24-37)53(39-27-15-5-16-28-39)54(40-29-17-6-18-30-40)52(44)38-25-13-4-14-26-38/h1-30,33-34H,31-32H2. The topological polar surface area (TPSA) is 0 Å². The van der Waals surface area contributed by atoms with Gasteiger partial charge < -0.3 is 0 Å². The second kappa shape index (κ2) is 15.0. The lowest BCUT2D eigenvalue weighted by Crippen LogP contribution is -2.16. The molecular weight excluding hydrogens is 902 g/mol. The summed E-state index contributed by atoms with van der Waals surface area (Å²) >= 11 is 5.05. The molecule has 1 aliphatic carbocycles. The fourth-order valence-electron chi connectivity index (χ4n) is 9.08. The molecule has 0 aromatic heterocycles. The lowest BCUT2D eigenvalue weighted by Gasteiger charge is -2.34. The van der Waals surface area contributed by atoms with Crippen LogP contribution in [0.3, 0.4) is 0 Å². The normalized spacial score (nSPS) is 12.0. The van der Waals surface area contributed by atoms with E-state index in [1.807, 2.05) is 0 Å². The average Bonchev–Trinajstić information content (AvgIpc) is 3.26. The van der Waals surface area contributed by atoms with Crippen LogP contribution in [0.5, 0.6) is 0 Å². The quantitative estimate of drug-likeness (QED) is 0.146. The van der Waals surface area contributed by atoms with Gasteiger partial charge in [0.1, 0.15) is 0 Å². The zero-order valence-electron chi connectivity index (χ0n) is 30.6. The molecule has 0 saturated carbocycles. The molecule has 10 rings (SSSR count). The number of fused-ring (bicyclic) bond motifs is 3. The molecule has 0 amide bonds. The Hall–Kier alpha value is -5.30. The zero-order valence-corrected chi connectivity index (χ0v) is 35.0. The molecule has 266 valence electrons. The van der Waals surface area contributed by atoms with Gasteiger partial charge in [-0.1, -0.05) is 182 Å². The molecule has 0 unspecified atom stereocenters. The van der Waals surface area contributed by atoms with E-state index in [0.29, 0.717) is 0 Å². The van der Waals surface area contributed by atoms with Crippen LogP contribution in [0.2, 0.25) is 0 Å². The molecule has 0 fully saturated rings. The Labute approximate surface area is 356 Å². The number of rotatable bonds is 6. The van der Waals surface area contributed by atoms with E-state index in [9.17, 15) is 0 Å². The van der Waals surface area contributed by atoms with E-state index in [2.05, 4.69) is 239 Å². The highest BCUT2D eigenvalue weighted by Gasteiger charge is 2.33. The second-order valence-electron chi connectivity index (χ2n) is 14.5. The van der Waals surface area contributed by atoms with E-state index in [4.69, 9.17) is 0 Å². The third kappa shape index (κ3) is 6.11. The Bertz CT molecular complexity index is 2670. The maximum Gasteiger partial charge on any atom is 0.0270 e. The summed E-state index contributed by atoms with van der Waals surface area (Å²) in [5.41, 5.74) is 21.1. The van der Waals surface area contributed by atoms with Crippen molar-refractivity contribution in [2.24, 2.45) is 0 Å². The van der Waals surface area contributed by atoms with Gasteiger partial charge in [-0.3, -0.25) is 0 Å². The first-order valence-corrected chi connectivity index (χ1v) is 21.3. The van der Waals surface area contributed by atoms with Gasteiger partial charge in [-0.25, -0.2) is 0 Å². The Morgan fingerprint density at radius 2 is 0.464 bits per heavy atom. The van der Waals surface area contributed by atoms with Gasteiger partial charge in [0, 0.05) is 7.14 Å². The summed E-state index contributed by atoms with van der Waals surface area (Å²) in [5.74, 6) is 0. The molecule has 2 heteroatoms. The van der Waals surface area contributed by atoms with E-state index < -0.39 is 0 Å². The molecule has 0 heterocycles. The van der Waals surface area contributed by atoms with Gasteiger partial charge in [-0.2, -0.15) is 0 Å². The van der Waals surface area contributed by atoms with Gasteiger partial charge in [-0.15, -0.1) is 0 Å². The summed E-state index contributed by atoms with van der Waals surface area (Å²) in [5, 5.41) is 2.63. The van der Waals surface area contributed by atoms with Crippen LogP contribution in [0.15, 0.2) is 194 Å². The fraction of sp³-hybridized carbons (Fsp3) is 0.0370. The third-order valence-electron chi connectivity index (χ3n) is 11.4. The van der Waals surface area contributed by atoms with Gasteiger partial charge in [-0.05, 0) is 170 Å². The average molecular weight is 939 g/mol. The third-order valence-corrected chi connectivity index (χ3v) is 14.2. The van der Waals surface area contributed by atoms with Crippen LogP contribution >= 0.6 is 45.2 Å². The van der Waals surface area contributed by atoms with E-state index in [1.165, 1.54) is 107 Å². The van der Waals surface area contributed by atoms with Crippen LogP contribution in [-0.2, 0) is 12.8 Å². The molecule has 1 aliphatic rings. The predicted octanol–water partition coefficient (Wildman–Crippen LogP) is 15.5. The SMILES string of the molecule is Ic1cc2c(-c3ccccc3)c3c(c(-c4ccccc4)c2cc1I)Cc1c(c(-c2ccccc2)c(-c2ccccc2)c(-c2ccccc2)c1-c1ccccc1)C3. The number of hydrogen-bond acceptors (Lipinski definition) is 0. The number of halogens is 2. The molecular formula is C54H36I2. The van der Waals surface area contributed by atoms with Crippen molar-refractivity contribution >= 4 is 56.0 Å². The minimum absolute atomic E-state index is 0.812. The molecule has 0 spiro atoms. The highest BCUT2D eigenvalue weighted by molar-refractivity contribution is 14.1. The molecule has 0 saturated heterocycles. The molecule has 9 aromatic carbocycles. The number of hydrogen-bond donors (Lipinski definition) is 0. The maximum absolute atomic E-state index is 2.53. The summed E-state index contributed by atoms with van der Waals surface area (Å²) in [6, 6.07) is 71.6. The molecule has 9 aromatic rings. The highest BCUT2D eigenvalue weighted by atomic mass is 127. The van der Waals surface area contributed by atoms with Crippen molar-refractivity contribution in [1.82, 2.24) is 0 Å². The molecule has 56 heavy (non-hydrogen) atoms. The Balaban J connectivity index is 1.43. The summed E-state index contributed by atoms with van der Waals surface area (Å²) in [6.07, 6.45) is 1.62. The summed E-state index contributed by atoms with van der Waals surface area (Å²) in [6.45, 7) is 0. The lowest BCUT2D eigenvalue weighted by atomic mass is 9.69. The smallest absolute Gasteiger partial charge is 0.0270 e. The molecule has 0 radical (unpaired) electrons. The lowest BCUT2D eigenvalue weighted by molar-refractivity contribution is 1.02. The van der Waals surface area contributed by atoms with Crippen molar-refractivity contribution in [2.75, 3.05) is 0 Å². The largest absolute Gasteiger partial charge is 0.0622 e. The van der Waals surface area contributed by atoms with E-state index in [-0.39, 0.29) is 0 Å². The summed E-state index contributed by atoms with van der Waals surface area (Å²) in [7, 11) is 0. The maximum atomic E-state index is 2.53. The van der Waals surface area contributed by atoms with Gasteiger partial charge in [0.15, 0.2) is 0 Å². The van der Waals surface area contributed by atoms with Crippen molar-refractivity contribution in [2.45, 2.75) is 12.8 Å². The van der Waals surface area contributed by atoms with Gasteiger partial charge in [0.25, 0.3) is 0 Å². The molecule has 0 N–H and O–H groups in total. The zero-order chi connectivity index (χ0) is 37.6. The van der Waals surface area contributed by atoms with Crippen molar-refractivity contribution in [3.8, 4) is 66.8 Å². The van der Waals surface area contributed by atoms with E-state index in [1.54, 1.807) is 0 Å². The molecule has 0 aliphatic heterocycles. The van der Waals surface area contributed by atoms with Crippen molar-refractivity contribution in [3.05, 3.63) is 224 Å². The Kier molecular flexibility index (Phi) is 9.40. The Morgan fingerprint density at radius 1 is 0.250 bits per heavy atom. The molecule has 0 atom stereocenters. The predicted molar refractivity (Wildman–Crippen MR) is 254 cm³/mol. The highest BCUT2D eigenvalue weighted by Crippen LogP contribution is 2.55. The van der Waals surface area contributed by atoms with Gasteiger partial charge in [0.2, 0.25) is 0 Å². The first kappa shape index (κ1) is 35.1.